The van der Waals surface area contributed by atoms with Crippen LogP contribution in [0.15, 0.2) is 32.6 Å². The summed E-state index contributed by atoms with van der Waals surface area (Å²) in [5.74, 6) is 1.91. The van der Waals surface area contributed by atoms with Crippen LogP contribution in [0.4, 0.5) is 0 Å². The number of nitrogens with zero attached hydrogens (tertiary/aromatic N) is 3. The zero-order chi connectivity index (χ0) is 16.7. The first-order chi connectivity index (χ1) is 11.1. The number of thioether (sulfide) groups is 1. The highest BCUT2D eigenvalue weighted by atomic mass is 32.2. The molecule has 2 rings (SSSR count). The molecule has 0 unspecified atom stereocenters. The van der Waals surface area contributed by atoms with Crippen LogP contribution >= 0.6 is 11.8 Å². The van der Waals surface area contributed by atoms with E-state index in [4.69, 9.17) is 4.52 Å². The van der Waals surface area contributed by atoms with Gasteiger partial charge in [-0.05, 0) is 44.2 Å². The molecule has 124 valence electrons. The summed E-state index contributed by atoms with van der Waals surface area (Å²) >= 11 is 1.74. The molecule has 0 amide bonds. The van der Waals surface area contributed by atoms with E-state index in [1.54, 1.807) is 18.7 Å². The first kappa shape index (κ1) is 17.3. The fourth-order valence-electron chi connectivity index (χ4n) is 2.06. The van der Waals surface area contributed by atoms with Gasteiger partial charge in [0, 0.05) is 11.4 Å². The van der Waals surface area contributed by atoms with Crippen molar-refractivity contribution in [2.45, 2.75) is 38.8 Å². The van der Waals surface area contributed by atoms with Gasteiger partial charge in [-0.2, -0.15) is 4.98 Å². The molecule has 2 aromatic rings. The second-order valence-corrected chi connectivity index (χ2v) is 5.95. The van der Waals surface area contributed by atoms with Crippen molar-refractivity contribution in [1.29, 1.82) is 0 Å². The van der Waals surface area contributed by atoms with Crippen LogP contribution in [0.5, 0.6) is 0 Å². The van der Waals surface area contributed by atoms with E-state index in [0.29, 0.717) is 24.8 Å². The van der Waals surface area contributed by atoms with Gasteiger partial charge in [-0.3, -0.25) is 0 Å². The van der Waals surface area contributed by atoms with Gasteiger partial charge < -0.3 is 15.2 Å². The second-order valence-electron chi connectivity index (χ2n) is 5.10. The van der Waals surface area contributed by atoms with Crippen LogP contribution in [0, 0.1) is 13.8 Å². The standard InChI is InChI=1S/C16H23N5OS/c1-5-17-16(19-10-15-20-12(3)21-22-15)18-9-13-7-6-11(2)8-14(13)23-4/h6-8H,5,9-10H2,1-4H3,(H2,17,18,19). The van der Waals surface area contributed by atoms with Crippen LogP contribution in [0.25, 0.3) is 0 Å². The van der Waals surface area contributed by atoms with Crippen molar-refractivity contribution in [1.82, 2.24) is 20.8 Å². The number of aromatic nitrogens is 2. The van der Waals surface area contributed by atoms with Gasteiger partial charge >= 0.3 is 0 Å². The molecule has 6 nitrogen and oxygen atoms in total. The number of guanidine groups is 1. The summed E-state index contributed by atoms with van der Waals surface area (Å²) in [6.07, 6.45) is 2.09. The smallest absolute Gasteiger partial charge is 0.246 e. The summed E-state index contributed by atoms with van der Waals surface area (Å²) in [4.78, 5) is 10.1. The number of hydrogen-bond acceptors (Lipinski definition) is 5. The Bertz CT molecular complexity index is 668. The number of rotatable bonds is 6. The normalized spacial score (nSPS) is 11.6. The minimum absolute atomic E-state index is 0.454. The summed E-state index contributed by atoms with van der Waals surface area (Å²) in [7, 11) is 0. The number of hydrogen-bond donors (Lipinski definition) is 2. The average molecular weight is 333 g/mol. The Kier molecular flexibility index (Phi) is 6.46. The zero-order valence-electron chi connectivity index (χ0n) is 14.0. The molecular weight excluding hydrogens is 310 g/mol. The van der Waals surface area contributed by atoms with Crippen molar-refractivity contribution >= 4 is 17.7 Å². The first-order valence-corrected chi connectivity index (χ1v) is 8.79. The van der Waals surface area contributed by atoms with E-state index in [9.17, 15) is 0 Å². The third kappa shape index (κ3) is 5.28. The molecule has 1 aromatic carbocycles. The number of aliphatic imine (C=N–C) groups is 1. The zero-order valence-corrected chi connectivity index (χ0v) is 14.8. The van der Waals surface area contributed by atoms with Gasteiger partial charge in [-0.1, -0.05) is 17.3 Å². The van der Waals surface area contributed by atoms with Crippen molar-refractivity contribution in [2.75, 3.05) is 12.8 Å². The fraction of sp³-hybridized carbons (Fsp3) is 0.438. The quantitative estimate of drug-likeness (QED) is 0.481. The molecule has 7 heteroatoms. The predicted molar refractivity (Wildman–Crippen MR) is 93.7 cm³/mol. The second kappa shape index (κ2) is 8.57. The predicted octanol–water partition coefficient (Wildman–Crippen LogP) is 2.66. The molecule has 0 aliphatic carbocycles. The maximum Gasteiger partial charge on any atom is 0.246 e. The van der Waals surface area contributed by atoms with Crippen molar-refractivity contribution < 1.29 is 4.52 Å². The molecule has 0 saturated heterocycles. The van der Waals surface area contributed by atoms with Crippen LogP contribution in [0.2, 0.25) is 0 Å². The summed E-state index contributed by atoms with van der Waals surface area (Å²) in [6, 6.07) is 6.44. The van der Waals surface area contributed by atoms with E-state index in [1.807, 2.05) is 6.92 Å². The SMILES string of the molecule is CCNC(=NCc1ccc(C)cc1SC)NCc1nc(C)no1. The molecule has 23 heavy (non-hydrogen) atoms. The summed E-state index contributed by atoms with van der Waals surface area (Å²) in [6.45, 7) is 7.80. The maximum atomic E-state index is 5.10. The van der Waals surface area contributed by atoms with E-state index >= 15 is 0 Å². The Morgan fingerprint density at radius 2 is 2.13 bits per heavy atom. The molecule has 1 heterocycles. The molecule has 0 spiro atoms. The molecule has 0 saturated carbocycles. The van der Waals surface area contributed by atoms with Gasteiger partial charge in [0.2, 0.25) is 5.89 Å². The lowest BCUT2D eigenvalue weighted by molar-refractivity contribution is 0.371. The van der Waals surface area contributed by atoms with Crippen LogP contribution in [-0.2, 0) is 13.1 Å². The fourth-order valence-corrected chi connectivity index (χ4v) is 2.76. The molecule has 0 aliphatic heterocycles. The van der Waals surface area contributed by atoms with Gasteiger partial charge in [0.05, 0.1) is 13.1 Å². The Hall–Kier alpha value is -2.02. The molecule has 0 fully saturated rings. The highest BCUT2D eigenvalue weighted by Crippen LogP contribution is 2.22. The van der Waals surface area contributed by atoms with Crippen LogP contribution in [0.3, 0.4) is 0 Å². The highest BCUT2D eigenvalue weighted by molar-refractivity contribution is 7.98. The lowest BCUT2D eigenvalue weighted by Crippen LogP contribution is -2.36. The van der Waals surface area contributed by atoms with Gasteiger partial charge in [0.15, 0.2) is 11.8 Å². The minimum atomic E-state index is 0.454. The first-order valence-electron chi connectivity index (χ1n) is 7.57. The average Bonchev–Trinajstić information content (AvgIpc) is 2.96. The van der Waals surface area contributed by atoms with Crippen LogP contribution < -0.4 is 10.6 Å². The lowest BCUT2D eigenvalue weighted by Gasteiger charge is -2.11. The Labute approximate surface area is 141 Å². The Morgan fingerprint density at radius 1 is 1.30 bits per heavy atom. The van der Waals surface area contributed by atoms with E-state index in [2.05, 4.69) is 57.1 Å². The number of aryl methyl sites for hydroxylation is 2. The van der Waals surface area contributed by atoms with Crippen molar-refractivity contribution in [2.24, 2.45) is 4.99 Å². The van der Waals surface area contributed by atoms with Crippen LogP contribution in [-0.4, -0.2) is 28.9 Å². The lowest BCUT2D eigenvalue weighted by atomic mass is 10.1. The molecule has 2 N–H and O–H groups in total. The van der Waals surface area contributed by atoms with Gasteiger partial charge in [0.1, 0.15) is 0 Å². The van der Waals surface area contributed by atoms with E-state index < -0.39 is 0 Å². The highest BCUT2D eigenvalue weighted by Gasteiger charge is 2.05. The van der Waals surface area contributed by atoms with Crippen molar-refractivity contribution in [3.63, 3.8) is 0 Å². The molecule has 1 aromatic heterocycles. The Balaban J connectivity index is 2.03. The topological polar surface area (TPSA) is 75.3 Å². The summed E-state index contributed by atoms with van der Waals surface area (Å²) in [5.41, 5.74) is 2.48. The third-order valence-electron chi connectivity index (χ3n) is 3.17. The molecule has 0 bridgehead atoms. The van der Waals surface area contributed by atoms with E-state index in [0.717, 1.165) is 12.5 Å². The van der Waals surface area contributed by atoms with E-state index in [-0.39, 0.29) is 0 Å². The van der Waals surface area contributed by atoms with Gasteiger partial charge in [-0.25, -0.2) is 4.99 Å². The minimum Gasteiger partial charge on any atom is -0.357 e. The van der Waals surface area contributed by atoms with Crippen LogP contribution in [0.1, 0.15) is 29.8 Å². The van der Waals surface area contributed by atoms with Crippen molar-refractivity contribution in [3.05, 3.63) is 41.0 Å². The maximum absolute atomic E-state index is 5.10. The largest absolute Gasteiger partial charge is 0.357 e. The van der Waals surface area contributed by atoms with Crippen molar-refractivity contribution in [3.8, 4) is 0 Å². The van der Waals surface area contributed by atoms with Gasteiger partial charge in [0.25, 0.3) is 0 Å². The third-order valence-corrected chi connectivity index (χ3v) is 3.99. The summed E-state index contributed by atoms with van der Waals surface area (Å²) < 4.78 is 5.10. The molecule has 0 aliphatic rings. The number of benzene rings is 1. The molecular formula is C16H23N5OS. The summed E-state index contributed by atoms with van der Waals surface area (Å²) in [5, 5.41) is 10.2. The monoisotopic (exact) mass is 333 g/mol. The molecule has 0 radical (unpaired) electrons. The Morgan fingerprint density at radius 3 is 2.78 bits per heavy atom. The van der Waals surface area contributed by atoms with Gasteiger partial charge in [-0.15, -0.1) is 11.8 Å². The number of nitrogens with one attached hydrogen (secondary N) is 2. The molecule has 0 atom stereocenters. The van der Waals surface area contributed by atoms with E-state index in [1.165, 1.54) is 16.0 Å².